The van der Waals surface area contributed by atoms with Gasteiger partial charge in [-0.25, -0.2) is 0 Å². The van der Waals surface area contributed by atoms with E-state index in [9.17, 15) is 0 Å². The van der Waals surface area contributed by atoms with E-state index in [0.717, 1.165) is 0 Å². The molecule has 20 heavy (non-hydrogen) atoms. The van der Waals surface area contributed by atoms with Gasteiger partial charge in [-0.05, 0) is 35.6 Å². The molecule has 0 saturated carbocycles. The van der Waals surface area contributed by atoms with Crippen LogP contribution in [0, 0.1) is 0 Å². The molecule has 2 rings (SSSR count). The van der Waals surface area contributed by atoms with Gasteiger partial charge in [0.1, 0.15) is 0 Å². The van der Waals surface area contributed by atoms with Gasteiger partial charge in [-0.3, -0.25) is 0 Å². The van der Waals surface area contributed by atoms with E-state index in [1.165, 1.54) is 61.7 Å². The van der Waals surface area contributed by atoms with Crippen LogP contribution in [0.5, 0.6) is 0 Å². The Morgan fingerprint density at radius 3 is 2.45 bits per heavy atom. The van der Waals surface area contributed by atoms with Gasteiger partial charge in [0.05, 0.1) is 0 Å². The van der Waals surface area contributed by atoms with Crippen LogP contribution in [0.25, 0.3) is 6.08 Å². The summed E-state index contributed by atoms with van der Waals surface area (Å²) in [5.41, 5.74) is 4.19. The average Bonchev–Trinajstić information content (AvgIpc) is 2.91. The Kier molecular flexibility index (Phi) is 6.37. The summed E-state index contributed by atoms with van der Waals surface area (Å²) in [7, 11) is 0. The van der Waals surface area contributed by atoms with Crippen LogP contribution in [-0.4, -0.2) is 0 Å². The number of hydrogen-bond donors (Lipinski definition) is 0. The van der Waals surface area contributed by atoms with Gasteiger partial charge in [0.25, 0.3) is 0 Å². The van der Waals surface area contributed by atoms with E-state index in [-0.39, 0.29) is 0 Å². The summed E-state index contributed by atoms with van der Waals surface area (Å²) in [6.45, 7) is 2.27. The SMILES string of the molecule is CCCCCCCCC1=CC=CC1=Cc1ccccc1. The van der Waals surface area contributed by atoms with Crippen molar-refractivity contribution in [3.05, 3.63) is 65.3 Å². The maximum atomic E-state index is 2.30. The van der Waals surface area contributed by atoms with Crippen molar-refractivity contribution in [2.45, 2.75) is 51.9 Å². The molecule has 0 atom stereocenters. The van der Waals surface area contributed by atoms with Crippen molar-refractivity contribution in [1.29, 1.82) is 0 Å². The molecule has 0 aliphatic heterocycles. The van der Waals surface area contributed by atoms with Crippen molar-refractivity contribution < 1.29 is 0 Å². The smallest absolute Gasteiger partial charge is 0.0219 e. The van der Waals surface area contributed by atoms with Crippen LogP contribution < -0.4 is 0 Å². The van der Waals surface area contributed by atoms with Crippen LogP contribution in [-0.2, 0) is 0 Å². The van der Waals surface area contributed by atoms with Crippen LogP contribution in [0.4, 0.5) is 0 Å². The molecule has 1 aliphatic rings. The first-order valence-electron chi connectivity index (χ1n) is 8.04. The maximum Gasteiger partial charge on any atom is -0.0219 e. The summed E-state index contributed by atoms with van der Waals surface area (Å²) in [6.07, 6.45) is 18.4. The van der Waals surface area contributed by atoms with Gasteiger partial charge in [-0.15, -0.1) is 0 Å². The molecule has 0 N–H and O–H groups in total. The second kappa shape index (κ2) is 8.58. The Morgan fingerprint density at radius 1 is 0.900 bits per heavy atom. The highest BCUT2D eigenvalue weighted by atomic mass is 14.1. The molecule has 0 bridgehead atoms. The Morgan fingerprint density at radius 2 is 1.65 bits per heavy atom. The fourth-order valence-electron chi connectivity index (χ4n) is 2.66. The first-order chi connectivity index (χ1) is 9.90. The predicted molar refractivity (Wildman–Crippen MR) is 89.6 cm³/mol. The number of hydrogen-bond acceptors (Lipinski definition) is 0. The second-order valence-electron chi connectivity index (χ2n) is 5.58. The van der Waals surface area contributed by atoms with Crippen molar-refractivity contribution >= 4 is 6.08 Å². The van der Waals surface area contributed by atoms with E-state index < -0.39 is 0 Å². The van der Waals surface area contributed by atoms with Crippen molar-refractivity contribution in [1.82, 2.24) is 0 Å². The molecule has 1 aromatic rings. The van der Waals surface area contributed by atoms with Gasteiger partial charge in [-0.2, -0.15) is 0 Å². The van der Waals surface area contributed by atoms with Gasteiger partial charge in [0.15, 0.2) is 0 Å². The van der Waals surface area contributed by atoms with Crippen LogP contribution in [0.1, 0.15) is 57.4 Å². The minimum Gasteiger partial charge on any atom is -0.0654 e. The zero-order chi connectivity index (χ0) is 14.0. The highest BCUT2D eigenvalue weighted by molar-refractivity contribution is 5.65. The second-order valence-corrected chi connectivity index (χ2v) is 5.58. The Labute approximate surface area is 123 Å². The van der Waals surface area contributed by atoms with Gasteiger partial charge in [0.2, 0.25) is 0 Å². The molecule has 0 heteroatoms. The number of benzene rings is 1. The third-order valence-electron chi connectivity index (χ3n) is 3.87. The molecule has 1 aliphatic carbocycles. The topological polar surface area (TPSA) is 0 Å². The van der Waals surface area contributed by atoms with Crippen molar-refractivity contribution in [3.8, 4) is 0 Å². The lowest BCUT2D eigenvalue weighted by Gasteiger charge is -2.06. The lowest BCUT2D eigenvalue weighted by atomic mass is 9.99. The first-order valence-corrected chi connectivity index (χ1v) is 8.04. The summed E-state index contributed by atoms with van der Waals surface area (Å²) >= 11 is 0. The third kappa shape index (κ3) is 4.85. The lowest BCUT2D eigenvalue weighted by molar-refractivity contribution is 0.608. The molecule has 1 aromatic carbocycles. The molecule has 106 valence electrons. The van der Waals surface area contributed by atoms with E-state index in [1.807, 2.05) is 0 Å². The Hall–Kier alpha value is -1.56. The largest absolute Gasteiger partial charge is 0.0654 e. The highest BCUT2D eigenvalue weighted by Crippen LogP contribution is 2.26. The van der Waals surface area contributed by atoms with E-state index >= 15 is 0 Å². The molecular weight excluding hydrogens is 240 g/mol. The maximum absolute atomic E-state index is 2.30. The molecular formula is C20H26. The van der Waals surface area contributed by atoms with Crippen LogP contribution in [0.3, 0.4) is 0 Å². The van der Waals surface area contributed by atoms with Crippen LogP contribution in [0.15, 0.2) is 59.7 Å². The molecule has 0 amide bonds. The number of rotatable bonds is 8. The predicted octanol–water partition coefficient (Wildman–Crippen LogP) is 6.32. The lowest BCUT2D eigenvalue weighted by Crippen LogP contribution is -1.86. The normalized spacial score (nSPS) is 15.8. The fourth-order valence-corrected chi connectivity index (χ4v) is 2.66. The van der Waals surface area contributed by atoms with E-state index in [2.05, 4.69) is 61.6 Å². The van der Waals surface area contributed by atoms with E-state index in [4.69, 9.17) is 0 Å². The fraction of sp³-hybridized carbons (Fsp3) is 0.400. The first kappa shape index (κ1) is 14.8. The van der Waals surface area contributed by atoms with Crippen LogP contribution in [0.2, 0.25) is 0 Å². The van der Waals surface area contributed by atoms with Gasteiger partial charge in [-0.1, -0.05) is 87.6 Å². The van der Waals surface area contributed by atoms with Gasteiger partial charge in [0, 0.05) is 0 Å². The van der Waals surface area contributed by atoms with Gasteiger partial charge < -0.3 is 0 Å². The summed E-state index contributed by atoms with van der Waals surface area (Å²) in [5.74, 6) is 0. The zero-order valence-electron chi connectivity index (χ0n) is 12.6. The van der Waals surface area contributed by atoms with Crippen molar-refractivity contribution in [3.63, 3.8) is 0 Å². The molecule has 0 nitrogen and oxygen atoms in total. The van der Waals surface area contributed by atoms with Gasteiger partial charge >= 0.3 is 0 Å². The zero-order valence-corrected chi connectivity index (χ0v) is 12.6. The third-order valence-corrected chi connectivity index (χ3v) is 3.87. The van der Waals surface area contributed by atoms with Crippen molar-refractivity contribution in [2.75, 3.05) is 0 Å². The van der Waals surface area contributed by atoms with E-state index in [1.54, 1.807) is 0 Å². The Bertz CT molecular complexity index is 474. The Balaban J connectivity index is 1.79. The average molecular weight is 266 g/mol. The highest BCUT2D eigenvalue weighted by Gasteiger charge is 2.06. The molecule has 0 spiro atoms. The van der Waals surface area contributed by atoms with Crippen molar-refractivity contribution in [2.24, 2.45) is 0 Å². The molecule has 0 saturated heterocycles. The standard InChI is InChI=1S/C20H26/c1-2-3-4-5-6-10-14-19-15-11-16-20(19)17-18-12-8-7-9-13-18/h7-9,11-13,15-17H,2-6,10,14H2,1H3. The number of unbranched alkanes of at least 4 members (excludes halogenated alkanes) is 5. The monoisotopic (exact) mass is 266 g/mol. The quantitative estimate of drug-likeness (QED) is 0.483. The molecule has 0 fully saturated rings. The minimum absolute atomic E-state index is 1.22. The molecule has 0 aromatic heterocycles. The summed E-state index contributed by atoms with van der Waals surface area (Å²) < 4.78 is 0. The van der Waals surface area contributed by atoms with Crippen LogP contribution >= 0.6 is 0 Å². The molecule has 0 unspecified atom stereocenters. The summed E-state index contributed by atoms with van der Waals surface area (Å²) in [5, 5.41) is 0. The number of allylic oxidation sites excluding steroid dienone is 5. The molecule has 0 heterocycles. The summed E-state index contributed by atoms with van der Waals surface area (Å²) in [4.78, 5) is 0. The summed E-state index contributed by atoms with van der Waals surface area (Å²) in [6, 6.07) is 10.6. The minimum atomic E-state index is 1.22. The molecule has 0 radical (unpaired) electrons. The van der Waals surface area contributed by atoms with E-state index in [0.29, 0.717) is 0 Å².